The molecule has 0 aromatic heterocycles. The Morgan fingerprint density at radius 3 is 2.55 bits per heavy atom. The second-order valence-corrected chi connectivity index (χ2v) is 8.77. The predicted molar refractivity (Wildman–Crippen MR) is 87.1 cm³/mol. The van der Waals surface area contributed by atoms with E-state index in [0.29, 0.717) is 0 Å². The van der Waals surface area contributed by atoms with Gasteiger partial charge in [-0.3, -0.25) is 4.79 Å². The molecule has 0 bridgehead atoms. The van der Waals surface area contributed by atoms with Gasteiger partial charge in [-0.15, -0.1) is 11.8 Å². The average Bonchev–Trinajstić information content (AvgIpc) is 2.30. The van der Waals surface area contributed by atoms with Crippen molar-refractivity contribution >= 4 is 43.4 Å². The van der Waals surface area contributed by atoms with Crippen molar-refractivity contribution in [2.45, 2.75) is 18.7 Å². The Morgan fingerprint density at radius 2 is 1.95 bits per heavy atom. The SMILES string of the molecule is Cc1cc(SCC(=O)NCCS(C)(=O)=O)c(C)cc1Br. The van der Waals surface area contributed by atoms with Crippen molar-refractivity contribution in [1.82, 2.24) is 5.32 Å². The van der Waals surface area contributed by atoms with E-state index in [1.807, 2.05) is 26.0 Å². The van der Waals surface area contributed by atoms with Crippen molar-refractivity contribution in [2.24, 2.45) is 0 Å². The zero-order valence-electron chi connectivity index (χ0n) is 11.7. The molecule has 0 fully saturated rings. The molecule has 0 unspecified atom stereocenters. The molecular formula is C13H18BrNO3S2. The highest BCUT2D eigenvalue weighted by Gasteiger charge is 2.08. The van der Waals surface area contributed by atoms with Crippen LogP contribution in [0.15, 0.2) is 21.5 Å². The average molecular weight is 380 g/mol. The summed E-state index contributed by atoms with van der Waals surface area (Å²) >= 11 is 4.92. The van der Waals surface area contributed by atoms with E-state index in [0.717, 1.165) is 26.8 Å². The highest BCUT2D eigenvalue weighted by atomic mass is 79.9. The maximum atomic E-state index is 11.6. The summed E-state index contributed by atoms with van der Waals surface area (Å²) < 4.78 is 22.9. The number of benzene rings is 1. The first-order valence-electron chi connectivity index (χ1n) is 6.03. The Kier molecular flexibility index (Phi) is 6.54. The van der Waals surface area contributed by atoms with Gasteiger partial charge in [0.05, 0.1) is 11.5 Å². The van der Waals surface area contributed by atoms with Gasteiger partial charge >= 0.3 is 0 Å². The van der Waals surface area contributed by atoms with E-state index in [2.05, 4.69) is 21.2 Å². The Bertz CT molecular complexity index is 600. The lowest BCUT2D eigenvalue weighted by atomic mass is 10.2. The van der Waals surface area contributed by atoms with E-state index in [4.69, 9.17) is 0 Å². The number of thioether (sulfide) groups is 1. The van der Waals surface area contributed by atoms with E-state index in [1.165, 1.54) is 11.8 Å². The van der Waals surface area contributed by atoms with Crippen LogP contribution in [0.5, 0.6) is 0 Å². The molecule has 0 spiro atoms. The fraction of sp³-hybridized carbons (Fsp3) is 0.462. The normalized spacial score (nSPS) is 11.4. The standard InChI is InChI=1S/C13H18BrNO3S2/c1-9-7-12(10(2)6-11(9)14)19-8-13(16)15-4-5-20(3,17)18/h6-7H,4-5,8H2,1-3H3,(H,15,16). The molecule has 1 amide bonds. The Labute approximate surface area is 132 Å². The molecule has 0 radical (unpaired) electrons. The summed E-state index contributed by atoms with van der Waals surface area (Å²) in [5.41, 5.74) is 2.23. The van der Waals surface area contributed by atoms with Gasteiger partial charge in [0.15, 0.2) is 0 Å². The first-order chi connectivity index (χ1) is 9.19. The maximum absolute atomic E-state index is 11.6. The van der Waals surface area contributed by atoms with Crippen molar-refractivity contribution in [1.29, 1.82) is 0 Å². The van der Waals surface area contributed by atoms with Gasteiger partial charge in [0.2, 0.25) is 5.91 Å². The van der Waals surface area contributed by atoms with Gasteiger partial charge in [-0.25, -0.2) is 8.42 Å². The number of aryl methyl sites for hydroxylation is 2. The number of nitrogens with one attached hydrogen (secondary N) is 1. The lowest BCUT2D eigenvalue weighted by Crippen LogP contribution is -2.30. The van der Waals surface area contributed by atoms with Gasteiger partial charge < -0.3 is 5.32 Å². The number of sulfone groups is 1. The van der Waals surface area contributed by atoms with Crippen LogP contribution >= 0.6 is 27.7 Å². The van der Waals surface area contributed by atoms with Crippen LogP contribution in [0.3, 0.4) is 0 Å². The van der Waals surface area contributed by atoms with Crippen LogP contribution in [0.2, 0.25) is 0 Å². The first kappa shape index (κ1) is 17.5. The quantitative estimate of drug-likeness (QED) is 0.770. The van der Waals surface area contributed by atoms with Gasteiger partial charge in [0, 0.05) is 22.2 Å². The first-order valence-corrected chi connectivity index (χ1v) is 9.87. The molecule has 0 aliphatic rings. The van der Waals surface area contributed by atoms with E-state index >= 15 is 0 Å². The molecule has 1 rings (SSSR count). The summed E-state index contributed by atoms with van der Waals surface area (Å²) in [4.78, 5) is 12.7. The van der Waals surface area contributed by atoms with Gasteiger partial charge in [-0.05, 0) is 37.1 Å². The zero-order chi connectivity index (χ0) is 15.3. The zero-order valence-corrected chi connectivity index (χ0v) is 14.9. The highest BCUT2D eigenvalue weighted by Crippen LogP contribution is 2.28. The van der Waals surface area contributed by atoms with Gasteiger partial charge in [-0.1, -0.05) is 15.9 Å². The van der Waals surface area contributed by atoms with Crippen LogP contribution in [-0.2, 0) is 14.6 Å². The van der Waals surface area contributed by atoms with Gasteiger partial charge in [-0.2, -0.15) is 0 Å². The van der Waals surface area contributed by atoms with Crippen molar-refractivity contribution in [3.63, 3.8) is 0 Å². The molecule has 0 saturated carbocycles. The van der Waals surface area contributed by atoms with Crippen LogP contribution in [0.4, 0.5) is 0 Å². The minimum Gasteiger partial charge on any atom is -0.354 e. The molecule has 4 nitrogen and oxygen atoms in total. The largest absolute Gasteiger partial charge is 0.354 e. The smallest absolute Gasteiger partial charge is 0.230 e. The van der Waals surface area contributed by atoms with Crippen molar-refractivity contribution < 1.29 is 13.2 Å². The lowest BCUT2D eigenvalue weighted by Gasteiger charge is -2.09. The molecule has 0 heterocycles. The molecule has 112 valence electrons. The molecule has 0 aliphatic heterocycles. The highest BCUT2D eigenvalue weighted by molar-refractivity contribution is 9.10. The maximum Gasteiger partial charge on any atom is 0.230 e. The summed E-state index contributed by atoms with van der Waals surface area (Å²) in [6.45, 7) is 4.16. The van der Waals surface area contributed by atoms with Crippen LogP contribution in [0, 0.1) is 13.8 Å². The summed E-state index contributed by atoms with van der Waals surface area (Å²) in [6, 6.07) is 4.06. The van der Waals surface area contributed by atoms with E-state index in [1.54, 1.807) is 0 Å². The molecule has 20 heavy (non-hydrogen) atoms. The minimum atomic E-state index is -3.03. The fourth-order valence-corrected chi connectivity index (χ4v) is 3.35. The fourth-order valence-electron chi connectivity index (χ4n) is 1.48. The molecule has 0 atom stereocenters. The Morgan fingerprint density at radius 1 is 1.30 bits per heavy atom. The second-order valence-electron chi connectivity index (χ2n) is 4.64. The molecule has 1 aromatic rings. The number of hydrogen-bond acceptors (Lipinski definition) is 4. The van der Waals surface area contributed by atoms with Gasteiger partial charge in [0.25, 0.3) is 0 Å². The molecule has 0 aliphatic carbocycles. The summed E-state index contributed by atoms with van der Waals surface area (Å²) in [6.07, 6.45) is 1.15. The van der Waals surface area contributed by atoms with Crippen molar-refractivity contribution in [2.75, 3.05) is 24.3 Å². The van der Waals surface area contributed by atoms with Crippen molar-refractivity contribution in [3.8, 4) is 0 Å². The van der Waals surface area contributed by atoms with Crippen LogP contribution in [-0.4, -0.2) is 38.6 Å². The number of rotatable bonds is 6. The minimum absolute atomic E-state index is 0.0280. The third-order valence-electron chi connectivity index (χ3n) is 2.61. The van der Waals surface area contributed by atoms with E-state index in [9.17, 15) is 13.2 Å². The van der Waals surface area contributed by atoms with E-state index in [-0.39, 0.29) is 24.0 Å². The number of amides is 1. The second kappa shape index (κ2) is 7.47. The van der Waals surface area contributed by atoms with Crippen LogP contribution in [0.25, 0.3) is 0 Å². The van der Waals surface area contributed by atoms with E-state index < -0.39 is 9.84 Å². The molecule has 1 aromatic carbocycles. The summed E-state index contributed by atoms with van der Waals surface area (Å²) in [7, 11) is -3.03. The van der Waals surface area contributed by atoms with Crippen LogP contribution in [0.1, 0.15) is 11.1 Å². The lowest BCUT2D eigenvalue weighted by molar-refractivity contribution is -0.118. The van der Waals surface area contributed by atoms with Crippen molar-refractivity contribution in [3.05, 3.63) is 27.7 Å². The number of hydrogen-bond donors (Lipinski definition) is 1. The summed E-state index contributed by atoms with van der Waals surface area (Å²) in [5, 5.41) is 2.61. The third-order valence-corrected chi connectivity index (χ3v) is 5.57. The number of carbonyl (C=O) groups is 1. The summed E-state index contributed by atoms with van der Waals surface area (Å²) in [5.74, 6) is 0.101. The monoisotopic (exact) mass is 379 g/mol. The van der Waals surface area contributed by atoms with Crippen LogP contribution < -0.4 is 5.32 Å². The molecular weight excluding hydrogens is 362 g/mol. The molecule has 0 saturated heterocycles. The molecule has 1 N–H and O–H groups in total. The number of halogens is 1. The van der Waals surface area contributed by atoms with Gasteiger partial charge in [0.1, 0.15) is 9.84 Å². The third kappa shape index (κ3) is 6.28. The Hall–Kier alpha value is -0.530. The Balaban J connectivity index is 2.47. The predicted octanol–water partition coefficient (Wildman–Crippen LogP) is 2.32. The molecule has 7 heteroatoms. The topological polar surface area (TPSA) is 63.2 Å². The number of carbonyl (C=O) groups excluding carboxylic acids is 1.